The van der Waals surface area contributed by atoms with Crippen LogP contribution in [-0.2, 0) is 18.9 Å². The highest BCUT2D eigenvalue weighted by Gasteiger charge is 2.48. The molecule has 1 fully saturated rings. The lowest BCUT2D eigenvalue weighted by Gasteiger charge is -2.52. The number of carbonyl (C=O) groups is 2. The second kappa shape index (κ2) is 6.63. The van der Waals surface area contributed by atoms with Crippen LogP contribution in [0, 0.1) is 17.3 Å². The Hall–Kier alpha value is -1.46. The van der Waals surface area contributed by atoms with Crippen molar-refractivity contribution >= 4 is 12.3 Å². The van der Waals surface area contributed by atoms with E-state index in [0.29, 0.717) is 25.0 Å². The first-order valence-corrected chi connectivity index (χ1v) is 6.33. The third-order valence-corrected chi connectivity index (χ3v) is 4.10. The van der Waals surface area contributed by atoms with E-state index in [1.54, 1.807) is 0 Å². The molecule has 0 unspecified atom stereocenters. The van der Waals surface area contributed by atoms with Crippen LogP contribution < -0.4 is 0 Å². The van der Waals surface area contributed by atoms with Gasteiger partial charge in [-0.3, -0.25) is 0 Å². The Morgan fingerprint density at radius 2 is 1.63 bits per heavy atom. The van der Waals surface area contributed by atoms with Crippen LogP contribution in [0.1, 0.15) is 26.7 Å². The molecule has 0 bridgehead atoms. The highest BCUT2D eigenvalue weighted by atomic mass is 16.7. The van der Waals surface area contributed by atoms with Crippen molar-refractivity contribution in [3.63, 3.8) is 0 Å². The zero-order valence-corrected chi connectivity index (χ0v) is 11.9. The van der Waals surface area contributed by atoms with Crippen LogP contribution in [0.5, 0.6) is 0 Å². The molecule has 0 saturated heterocycles. The minimum atomic E-state index is -0.650. The first-order valence-electron chi connectivity index (χ1n) is 6.33. The first kappa shape index (κ1) is 15.6. The predicted molar refractivity (Wildman–Crippen MR) is 66.7 cm³/mol. The number of carbonyl (C=O) groups excluding carboxylic acids is 2. The van der Waals surface area contributed by atoms with Gasteiger partial charge >= 0.3 is 12.3 Å². The highest BCUT2D eigenvalue weighted by Crippen LogP contribution is 2.52. The van der Waals surface area contributed by atoms with Crippen LogP contribution in [0.25, 0.3) is 0 Å². The van der Waals surface area contributed by atoms with Crippen molar-refractivity contribution in [2.24, 2.45) is 17.3 Å². The summed E-state index contributed by atoms with van der Waals surface area (Å²) in [5.74, 6) is 0.762. The summed E-state index contributed by atoms with van der Waals surface area (Å²) in [6.45, 7) is 4.98. The maximum atomic E-state index is 10.9. The lowest BCUT2D eigenvalue weighted by Crippen LogP contribution is -2.47. The van der Waals surface area contributed by atoms with E-state index in [4.69, 9.17) is 9.47 Å². The van der Waals surface area contributed by atoms with E-state index in [9.17, 15) is 9.59 Å². The van der Waals surface area contributed by atoms with Gasteiger partial charge in [0.25, 0.3) is 0 Å². The molecule has 0 aromatic rings. The van der Waals surface area contributed by atoms with Crippen molar-refractivity contribution in [1.29, 1.82) is 0 Å². The van der Waals surface area contributed by atoms with Crippen LogP contribution in [-0.4, -0.2) is 39.7 Å². The number of methoxy groups -OCH3 is 2. The Morgan fingerprint density at radius 3 is 2.16 bits per heavy atom. The first-order chi connectivity index (χ1) is 8.91. The minimum Gasteiger partial charge on any atom is -0.438 e. The summed E-state index contributed by atoms with van der Waals surface area (Å²) >= 11 is 0. The zero-order valence-electron chi connectivity index (χ0n) is 11.9. The van der Waals surface area contributed by atoms with E-state index in [1.807, 2.05) is 0 Å². The molecule has 19 heavy (non-hydrogen) atoms. The summed E-state index contributed by atoms with van der Waals surface area (Å²) in [5, 5.41) is 0. The van der Waals surface area contributed by atoms with E-state index in [1.165, 1.54) is 14.2 Å². The van der Waals surface area contributed by atoms with Gasteiger partial charge in [-0.15, -0.1) is 0 Å². The fourth-order valence-corrected chi connectivity index (χ4v) is 2.47. The molecule has 6 nitrogen and oxygen atoms in total. The lowest BCUT2D eigenvalue weighted by atomic mass is 9.54. The molecular formula is C13H22O6. The van der Waals surface area contributed by atoms with Gasteiger partial charge in [-0.05, 0) is 30.1 Å². The summed E-state index contributed by atoms with van der Waals surface area (Å²) in [7, 11) is 2.58. The van der Waals surface area contributed by atoms with E-state index in [2.05, 4.69) is 23.3 Å². The smallest absolute Gasteiger partial charge is 0.438 e. The van der Waals surface area contributed by atoms with Gasteiger partial charge < -0.3 is 18.9 Å². The normalized spacial score (nSPS) is 24.0. The molecule has 1 aliphatic carbocycles. The van der Waals surface area contributed by atoms with Crippen molar-refractivity contribution < 1.29 is 28.5 Å². The minimum absolute atomic E-state index is 0.0630. The third kappa shape index (κ3) is 4.01. The maximum Gasteiger partial charge on any atom is 0.507 e. The lowest BCUT2D eigenvalue weighted by molar-refractivity contribution is -0.0733. The summed E-state index contributed by atoms with van der Waals surface area (Å²) < 4.78 is 18.7. The Bertz CT molecular complexity index is 325. The van der Waals surface area contributed by atoms with Crippen molar-refractivity contribution in [2.75, 3.05) is 27.4 Å². The Kier molecular flexibility index (Phi) is 5.44. The van der Waals surface area contributed by atoms with Gasteiger partial charge in [0.1, 0.15) is 0 Å². The fourth-order valence-electron chi connectivity index (χ4n) is 2.47. The average Bonchev–Trinajstić information content (AvgIpc) is 2.39. The average molecular weight is 274 g/mol. The third-order valence-electron chi connectivity index (χ3n) is 4.10. The molecule has 1 aliphatic rings. The molecule has 0 N–H and O–H groups in total. The number of ether oxygens (including phenoxy) is 4. The molecule has 0 aromatic carbocycles. The maximum absolute atomic E-state index is 10.9. The summed E-state index contributed by atoms with van der Waals surface area (Å²) in [4.78, 5) is 21.7. The molecule has 0 amide bonds. The summed E-state index contributed by atoms with van der Waals surface area (Å²) in [6.07, 6.45) is 0.446. The molecule has 110 valence electrons. The fraction of sp³-hybridized carbons (Fsp3) is 0.846. The predicted octanol–water partition coefficient (Wildman–Crippen LogP) is 2.60. The van der Waals surface area contributed by atoms with E-state index < -0.39 is 12.3 Å². The molecule has 1 saturated carbocycles. The molecule has 0 heterocycles. The molecule has 0 aliphatic heterocycles. The second-order valence-electron chi connectivity index (χ2n) is 5.31. The summed E-state index contributed by atoms with van der Waals surface area (Å²) in [6, 6.07) is 0. The molecule has 6 heteroatoms. The molecular weight excluding hydrogens is 252 g/mol. The van der Waals surface area contributed by atoms with Gasteiger partial charge in [0.05, 0.1) is 27.4 Å². The van der Waals surface area contributed by atoms with Crippen molar-refractivity contribution in [1.82, 2.24) is 0 Å². The number of rotatable bonds is 5. The summed E-state index contributed by atoms with van der Waals surface area (Å²) in [5.41, 5.74) is 0.0630. The molecule has 0 aromatic heterocycles. The Morgan fingerprint density at radius 1 is 1.05 bits per heavy atom. The SMILES string of the molecule is COC(=O)OCC[C@@H]1C[C@H](COC(=O)OC)C1(C)C. The van der Waals surface area contributed by atoms with Gasteiger partial charge in [0.15, 0.2) is 0 Å². The zero-order chi connectivity index (χ0) is 14.5. The number of hydrogen-bond donors (Lipinski definition) is 0. The second-order valence-corrected chi connectivity index (χ2v) is 5.31. The molecule has 0 spiro atoms. The van der Waals surface area contributed by atoms with Crippen LogP contribution in [0.3, 0.4) is 0 Å². The van der Waals surface area contributed by atoms with Gasteiger partial charge in [-0.1, -0.05) is 13.8 Å². The monoisotopic (exact) mass is 274 g/mol. The van der Waals surface area contributed by atoms with E-state index in [-0.39, 0.29) is 5.41 Å². The van der Waals surface area contributed by atoms with Crippen LogP contribution in [0.2, 0.25) is 0 Å². The Balaban J connectivity index is 2.26. The standard InChI is InChI=1S/C13H22O6/c1-13(2)9(5-6-18-11(14)16-3)7-10(13)8-19-12(15)17-4/h9-10H,5-8H2,1-4H3/t9-,10-/m1/s1. The quantitative estimate of drug-likeness (QED) is 0.718. The Labute approximate surface area is 113 Å². The van der Waals surface area contributed by atoms with Crippen molar-refractivity contribution in [3.8, 4) is 0 Å². The highest BCUT2D eigenvalue weighted by molar-refractivity contribution is 5.59. The van der Waals surface area contributed by atoms with Gasteiger partial charge in [-0.2, -0.15) is 0 Å². The van der Waals surface area contributed by atoms with Crippen LogP contribution in [0.15, 0.2) is 0 Å². The largest absolute Gasteiger partial charge is 0.507 e. The van der Waals surface area contributed by atoms with Gasteiger partial charge in [0, 0.05) is 0 Å². The van der Waals surface area contributed by atoms with E-state index >= 15 is 0 Å². The van der Waals surface area contributed by atoms with Crippen molar-refractivity contribution in [2.45, 2.75) is 26.7 Å². The van der Waals surface area contributed by atoms with Crippen molar-refractivity contribution in [3.05, 3.63) is 0 Å². The molecule has 1 rings (SSSR count). The van der Waals surface area contributed by atoms with Crippen LogP contribution >= 0.6 is 0 Å². The van der Waals surface area contributed by atoms with Crippen LogP contribution in [0.4, 0.5) is 9.59 Å². The molecule has 0 radical (unpaired) electrons. The van der Waals surface area contributed by atoms with E-state index in [0.717, 1.165) is 12.8 Å². The van der Waals surface area contributed by atoms with Gasteiger partial charge in [0.2, 0.25) is 0 Å². The van der Waals surface area contributed by atoms with Gasteiger partial charge in [-0.25, -0.2) is 9.59 Å². The molecule has 2 atom stereocenters. The number of hydrogen-bond acceptors (Lipinski definition) is 6. The topological polar surface area (TPSA) is 71.1 Å².